The number of anilines is 1. The number of pyridine rings is 1. The first-order chi connectivity index (χ1) is 8.20. The molecule has 1 aromatic heterocycles. The average Bonchev–Trinajstić information content (AvgIpc) is 2.30. The van der Waals surface area contributed by atoms with E-state index in [4.69, 9.17) is 0 Å². The fourth-order valence-corrected chi connectivity index (χ4v) is 2.21. The summed E-state index contributed by atoms with van der Waals surface area (Å²) in [6.45, 7) is 5.96. The second kappa shape index (κ2) is 5.15. The molecular formula is C13H18N4. The Morgan fingerprint density at radius 1 is 1.29 bits per heavy atom. The summed E-state index contributed by atoms with van der Waals surface area (Å²) in [6.07, 6.45) is 3.71. The van der Waals surface area contributed by atoms with Crippen LogP contribution in [0.2, 0.25) is 0 Å². The maximum atomic E-state index is 9.17. The van der Waals surface area contributed by atoms with Crippen LogP contribution < -0.4 is 5.43 Å². The third kappa shape index (κ3) is 2.75. The Morgan fingerprint density at radius 2 is 2.00 bits per heavy atom. The molecule has 0 saturated carbocycles. The molecule has 0 aliphatic carbocycles. The molecule has 0 unspecified atom stereocenters. The van der Waals surface area contributed by atoms with E-state index in [0.717, 1.165) is 24.3 Å². The molecule has 0 amide bonds. The van der Waals surface area contributed by atoms with Crippen molar-refractivity contribution in [1.82, 2.24) is 9.99 Å². The fraction of sp³-hybridized carbons (Fsp3) is 0.538. The van der Waals surface area contributed by atoms with Crippen LogP contribution in [0.5, 0.6) is 0 Å². The summed E-state index contributed by atoms with van der Waals surface area (Å²) in [6, 6.07) is 4.17. The molecule has 1 saturated heterocycles. The highest BCUT2D eigenvalue weighted by molar-refractivity contribution is 5.55. The zero-order valence-corrected chi connectivity index (χ0v) is 10.5. The molecule has 1 aliphatic heterocycles. The molecule has 2 heterocycles. The molecule has 0 aromatic carbocycles. The normalized spacial score (nSPS) is 16.5. The highest BCUT2D eigenvalue weighted by Crippen LogP contribution is 2.19. The predicted molar refractivity (Wildman–Crippen MR) is 67.5 cm³/mol. The number of nitriles is 1. The lowest BCUT2D eigenvalue weighted by atomic mass is 10.1. The highest BCUT2D eigenvalue weighted by Gasteiger charge is 2.14. The second-order valence-electron chi connectivity index (χ2n) is 4.58. The summed E-state index contributed by atoms with van der Waals surface area (Å²) in [5.41, 5.74) is 5.87. The third-order valence-electron chi connectivity index (χ3n) is 3.08. The molecule has 1 fully saturated rings. The van der Waals surface area contributed by atoms with E-state index in [2.05, 4.69) is 21.5 Å². The monoisotopic (exact) mass is 230 g/mol. The van der Waals surface area contributed by atoms with Crippen molar-refractivity contribution in [2.24, 2.45) is 0 Å². The van der Waals surface area contributed by atoms with E-state index in [-0.39, 0.29) is 0 Å². The van der Waals surface area contributed by atoms with E-state index in [1.807, 2.05) is 19.9 Å². The number of aryl methyl sites for hydroxylation is 2. The van der Waals surface area contributed by atoms with Crippen molar-refractivity contribution >= 4 is 5.82 Å². The summed E-state index contributed by atoms with van der Waals surface area (Å²) < 4.78 is 0. The molecule has 4 nitrogen and oxygen atoms in total. The minimum absolute atomic E-state index is 0.654. The van der Waals surface area contributed by atoms with Crippen LogP contribution >= 0.6 is 0 Å². The predicted octanol–water partition coefficient (Wildman–Crippen LogP) is 2.38. The standard InChI is InChI=1S/C13H18N4/c1-10-8-11(2)15-13(12(10)9-14)16-17-6-4-3-5-7-17/h8H,3-7H2,1-2H3,(H,15,16). The topological polar surface area (TPSA) is 52.0 Å². The first-order valence-corrected chi connectivity index (χ1v) is 6.10. The zero-order valence-electron chi connectivity index (χ0n) is 10.5. The smallest absolute Gasteiger partial charge is 0.158 e. The second-order valence-corrected chi connectivity index (χ2v) is 4.58. The van der Waals surface area contributed by atoms with Crippen LogP contribution in [0.15, 0.2) is 6.07 Å². The number of aromatic nitrogens is 1. The van der Waals surface area contributed by atoms with Crippen LogP contribution in [-0.4, -0.2) is 23.1 Å². The maximum absolute atomic E-state index is 9.17. The molecule has 90 valence electrons. The maximum Gasteiger partial charge on any atom is 0.158 e. The van der Waals surface area contributed by atoms with E-state index in [1.54, 1.807) is 0 Å². The van der Waals surface area contributed by atoms with E-state index < -0.39 is 0 Å². The van der Waals surface area contributed by atoms with Gasteiger partial charge in [-0.2, -0.15) is 5.26 Å². The lowest BCUT2D eigenvalue weighted by Gasteiger charge is -2.28. The minimum atomic E-state index is 0.654. The minimum Gasteiger partial charge on any atom is -0.302 e. The fourth-order valence-electron chi connectivity index (χ4n) is 2.21. The Morgan fingerprint density at radius 3 is 2.65 bits per heavy atom. The molecule has 2 rings (SSSR count). The lowest BCUT2D eigenvalue weighted by Crippen LogP contribution is -2.35. The third-order valence-corrected chi connectivity index (χ3v) is 3.08. The Labute approximate surface area is 102 Å². The number of rotatable bonds is 2. The largest absolute Gasteiger partial charge is 0.302 e. The first-order valence-electron chi connectivity index (χ1n) is 6.10. The summed E-state index contributed by atoms with van der Waals surface area (Å²) in [5.74, 6) is 0.701. The van der Waals surface area contributed by atoms with Gasteiger partial charge in [-0.1, -0.05) is 6.42 Å². The van der Waals surface area contributed by atoms with Gasteiger partial charge < -0.3 is 5.43 Å². The van der Waals surface area contributed by atoms with Crippen LogP contribution in [0.3, 0.4) is 0 Å². The molecule has 1 aliphatic rings. The quantitative estimate of drug-likeness (QED) is 0.847. The lowest BCUT2D eigenvalue weighted by molar-refractivity contribution is 0.272. The van der Waals surface area contributed by atoms with Crippen molar-refractivity contribution < 1.29 is 0 Å². The molecule has 4 heteroatoms. The van der Waals surface area contributed by atoms with Gasteiger partial charge in [-0.05, 0) is 38.3 Å². The van der Waals surface area contributed by atoms with Gasteiger partial charge in [0, 0.05) is 18.8 Å². The van der Waals surface area contributed by atoms with Crippen LogP contribution in [0.1, 0.15) is 36.1 Å². The number of nitrogens with zero attached hydrogens (tertiary/aromatic N) is 3. The molecule has 0 bridgehead atoms. The molecule has 0 atom stereocenters. The molecule has 1 aromatic rings. The summed E-state index contributed by atoms with van der Waals surface area (Å²) in [4.78, 5) is 4.42. The summed E-state index contributed by atoms with van der Waals surface area (Å²) in [5, 5.41) is 11.3. The van der Waals surface area contributed by atoms with Crippen molar-refractivity contribution in [1.29, 1.82) is 5.26 Å². The SMILES string of the molecule is Cc1cc(C)c(C#N)c(NN2CCCCC2)n1. The van der Waals surface area contributed by atoms with Crippen LogP contribution in [0.25, 0.3) is 0 Å². The van der Waals surface area contributed by atoms with Gasteiger partial charge >= 0.3 is 0 Å². The first kappa shape index (κ1) is 11.9. The van der Waals surface area contributed by atoms with Crippen molar-refractivity contribution in [3.05, 3.63) is 22.9 Å². The summed E-state index contributed by atoms with van der Waals surface area (Å²) in [7, 11) is 0. The van der Waals surface area contributed by atoms with Gasteiger partial charge in [0.15, 0.2) is 5.82 Å². The number of hydrogen-bond acceptors (Lipinski definition) is 4. The molecule has 0 radical (unpaired) electrons. The number of hydrazine groups is 1. The van der Waals surface area contributed by atoms with Crippen molar-refractivity contribution in [2.45, 2.75) is 33.1 Å². The summed E-state index contributed by atoms with van der Waals surface area (Å²) >= 11 is 0. The Kier molecular flexibility index (Phi) is 3.60. The van der Waals surface area contributed by atoms with E-state index >= 15 is 0 Å². The van der Waals surface area contributed by atoms with Gasteiger partial charge in [-0.15, -0.1) is 0 Å². The molecular weight excluding hydrogens is 212 g/mol. The number of hydrogen-bond donors (Lipinski definition) is 1. The Balaban J connectivity index is 2.22. The van der Waals surface area contributed by atoms with Crippen LogP contribution in [-0.2, 0) is 0 Å². The van der Waals surface area contributed by atoms with E-state index in [9.17, 15) is 5.26 Å². The van der Waals surface area contributed by atoms with Crippen molar-refractivity contribution in [2.75, 3.05) is 18.5 Å². The number of nitrogens with one attached hydrogen (secondary N) is 1. The van der Waals surface area contributed by atoms with Crippen LogP contribution in [0.4, 0.5) is 5.82 Å². The van der Waals surface area contributed by atoms with Gasteiger partial charge in [0.2, 0.25) is 0 Å². The number of piperidine rings is 1. The van der Waals surface area contributed by atoms with Gasteiger partial charge in [0.05, 0.1) is 5.56 Å². The Bertz CT molecular complexity index is 441. The highest BCUT2D eigenvalue weighted by atomic mass is 15.5. The van der Waals surface area contributed by atoms with Gasteiger partial charge in [0.25, 0.3) is 0 Å². The van der Waals surface area contributed by atoms with Crippen LogP contribution in [0, 0.1) is 25.2 Å². The average molecular weight is 230 g/mol. The Hall–Kier alpha value is -1.60. The van der Waals surface area contributed by atoms with Crippen molar-refractivity contribution in [3.8, 4) is 6.07 Å². The van der Waals surface area contributed by atoms with E-state index in [0.29, 0.717) is 11.4 Å². The van der Waals surface area contributed by atoms with Gasteiger partial charge in [-0.25, -0.2) is 9.99 Å². The van der Waals surface area contributed by atoms with Crippen molar-refractivity contribution in [3.63, 3.8) is 0 Å². The van der Waals surface area contributed by atoms with Gasteiger partial charge in [0.1, 0.15) is 6.07 Å². The molecule has 1 N–H and O–H groups in total. The molecule has 0 spiro atoms. The van der Waals surface area contributed by atoms with E-state index in [1.165, 1.54) is 19.3 Å². The zero-order chi connectivity index (χ0) is 12.3. The molecule has 17 heavy (non-hydrogen) atoms. The van der Waals surface area contributed by atoms with Gasteiger partial charge in [-0.3, -0.25) is 0 Å².